The molecule has 5 heteroatoms. The van der Waals surface area contributed by atoms with Crippen molar-refractivity contribution in [2.75, 3.05) is 6.79 Å². The second-order valence-corrected chi connectivity index (χ2v) is 9.27. The highest BCUT2D eigenvalue weighted by molar-refractivity contribution is 5.88. The molecule has 35 heavy (non-hydrogen) atoms. The molecule has 4 aromatic rings. The van der Waals surface area contributed by atoms with Crippen molar-refractivity contribution in [3.8, 4) is 11.5 Å². The first-order chi connectivity index (χ1) is 17.1. The standard InChI is InChI=1S/C30H32N2O3/c1-3-22-11-7-12-23-26(18-31-29(22)23)25(24-13-8-14-27-30(24)35-19-34-27)17-28(33)32-20(2)15-16-21-9-5-4-6-10-21/h4-14,18,20,25,31H,3,15-17,19H2,1-2H3,(H,32,33)/t20-,25+/m0/s1. The molecule has 1 amide bonds. The maximum Gasteiger partial charge on any atom is 0.231 e. The van der Waals surface area contributed by atoms with Gasteiger partial charge in [0.2, 0.25) is 12.7 Å². The summed E-state index contributed by atoms with van der Waals surface area (Å²) in [6.07, 6.45) is 5.16. The number of para-hydroxylation sites is 2. The van der Waals surface area contributed by atoms with Crippen LogP contribution in [0.15, 0.2) is 72.9 Å². The quantitative estimate of drug-likeness (QED) is 0.311. The van der Waals surface area contributed by atoms with E-state index in [1.807, 2.05) is 24.3 Å². The largest absolute Gasteiger partial charge is 0.454 e. The number of benzene rings is 3. The highest BCUT2D eigenvalue weighted by atomic mass is 16.7. The summed E-state index contributed by atoms with van der Waals surface area (Å²) in [4.78, 5) is 16.8. The van der Waals surface area contributed by atoms with Crippen LogP contribution >= 0.6 is 0 Å². The average Bonchev–Trinajstić information content (AvgIpc) is 3.54. The van der Waals surface area contributed by atoms with Crippen LogP contribution in [-0.2, 0) is 17.6 Å². The van der Waals surface area contributed by atoms with Crippen molar-refractivity contribution in [2.45, 2.75) is 51.5 Å². The van der Waals surface area contributed by atoms with E-state index in [2.05, 4.69) is 72.8 Å². The Balaban J connectivity index is 1.41. The average molecular weight is 469 g/mol. The molecule has 1 aromatic heterocycles. The molecular formula is C30H32N2O3. The Kier molecular flexibility index (Phi) is 6.75. The summed E-state index contributed by atoms with van der Waals surface area (Å²) in [6.45, 7) is 4.44. The molecule has 2 heterocycles. The molecule has 2 atom stereocenters. The SMILES string of the molecule is CCc1cccc2c([C@H](CC(=O)N[C@@H](C)CCc3ccccc3)c3cccc4c3OCO4)c[nH]c12. The number of rotatable bonds is 9. The second-order valence-electron chi connectivity index (χ2n) is 9.27. The van der Waals surface area contributed by atoms with Gasteiger partial charge in [0.25, 0.3) is 0 Å². The van der Waals surface area contributed by atoms with Gasteiger partial charge in [-0.05, 0) is 48.9 Å². The zero-order chi connectivity index (χ0) is 24.2. The van der Waals surface area contributed by atoms with Crippen LogP contribution in [-0.4, -0.2) is 23.7 Å². The van der Waals surface area contributed by atoms with Gasteiger partial charge in [0.1, 0.15) is 0 Å². The van der Waals surface area contributed by atoms with E-state index < -0.39 is 0 Å². The zero-order valence-electron chi connectivity index (χ0n) is 20.3. The molecule has 0 unspecified atom stereocenters. The number of aryl methyl sites for hydroxylation is 2. The van der Waals surface area contributed by atoms with E-state index >= 15 is 0 Å². The summed E-state index contributed by atoms with van der Waals surface area (Å²) in [7, 11) is 0. The van der Waals surface area contributed by atoms with Gasteiger partial charge < -0.3 is 19.8 Å². The molecule has 0 bridgehead atoms. The molecule has 5 nitrogen and oxygen atoms in total. The highest BCUT2D eigenvalue weighted by Crippen LogP contribution is 2.44. The van der Waals surface area contributed by atoms with Gasteiger partial charge >= 0.3 is 0 Å². The summed E-state index contributed by atoms with van der Waals surface area (Å²) < 4.78 is 11.5. The van der Waals surface area contributed by atoms with Crippen LogP contribution < -0.4 is 14.8 Å². The van der Waals surface area contributed by atoms with Gasteiger partial charge in [0.05, 0.1) is 0 Å². The van der Waals surface area contributed by atoms with Gasteiger partial charge in [-0.1, -0.05) is 67.6 Å². The van der Waals surface area contributed by atoms with Crippen LogP contribution in [0.1, 0.15) is 54.9 Å². The van der Waals surface area contributed by atoms with Gasteiger partial charge in [-0.25, -0.2) is 0 Å². The van der Waals surface area contributed by atoms with Crippen molar-refractivity contribution in [3.05, 3.63) is 95.2 Å². The van der Waals surface area contributed by atoms with Gasteiger partial charge in [0, 0.05) is 41.0 Å². The molecule has 1 aliphatic heterocycles. The third-order valence-electron chi connectivity index (χ3n) is 6.90. The predicted octanol–water partition coefficient (Wildman–Crippen LogP) is 6.12. The lowest BCUT2D eigenvalue weighted by atomic mass is 9.86. The monoisotopic (exact) mass is 468 g/mol. The molecule has 0 saturated heterocycles. The third-order valence-corrected chi connectivity index (χ3v) is 6.90. The van der Waals surface area contributed by atoms with Crippen LogP contribution in [0.3, 0.4) is 0 Å². The number of ether oxygens (including phenoxy) is 2. The van der Waals surface area contributed by atoms with E-state index in [0.717, 1.165) is 52.8 Å². The summed E-state index contributed by atoms with van der Waals surface area (Å²) in [5, 5.41) is 4.38. The number of aromatic amines is 1. The van der Waals surface area contributed by atoms with E-state index in [9.17, 15) is 4.79 Å². The number of carbonyl (C=O) groups is 1. The minimum atomic E-state index is -0.158. The lowest BCUT2D eigenvalue weighted by Gasteiger charge is -2.21. The van der Waals surface area contributed by atoms with Crippen molar-refractivity contribution in [1.82, 2.24) is 10.3 Å². The van der Waals surface area contributed by atoms with Crippen LogP contribution in [0, 0.1) is 0 Å². The molecule has 0 spiro atoms. The van der Waals surface area contributed by atoms with Gasteiger partial charge in [-0.15, -0.1) is 0 Å². The molecular weight excluding hydrogens is 436 g/mol. The molecule has 5 rings (SSSR count). The zero-order valence-corrected chi connectivity index (χ0v) is 20.3. The summed E-state index contributed by atoms with van der Waals surface area (Å²) in [6, 6.07) is 22.8. The smallest absolute Gasteiger partial charge is 0.231 e. The van der Waals surface area contributed by atoms with Gasteiger partial charge in [-0.3, -0.25) is 4.79 Å². The fraction of sp³-hybridized carbons (Fsp3) is 0.300. The minimum Gasteiger partial charge on any atom is -0.454 e. The van der Waals surface area contributed by atoms with Crippen LogP contribution in [0.4, 0.5) is 0 Å². The van der Waals surface area contributed by atoms with Crippen molar-refractivity contribution in [2.24, 2.45) is 0 Å². The first-order valence-electron chi connectivity index (χ1n) is 12.4. The Labute approximate surface area is 206 Å². The number of aromatic nitrogens is 1. The molecule has 0 saturated carbocycles. The normalized spacial score (nSPS) is 14.1. The van der Waals surface area contributed by atoms with Crippen molar-refractivity contribution in [1.29, 1.82) is 0 Å². The molecule has 0 fully saturated rings. The molecule has 180 valence electrons. The maximum absolute atomic E-state index is 13.3. The van der Waals surface area contributed by atoms with Crippen LogP contribution in [0.5, 0.6) is 11.5 Å². The van der Waals surface area contributed by atoms with E-state index in [4.69, 9.17) is 9.47 Å². The Morgan fingerprint density at radius 1 is 1.00 bits per heavy atom. The summed E-state index contributed by atoms with van der Waals surface area (Å²) in [5.74, 6) is 1.35. The maximum atomic E-state index is 13.3. The van der Waals surface area contributed by atoms with Gasteiger partial charge in [-0.2, -0.15) is 0 Å². The molecule has 0 aliphatic carbocycles. The fourth-order valence-electron chi connectivity index (χ4n) is 5.06. The Hall–Kier alpha value is -3.73. The fourth-order valence-corrected chi connectivity index (χ4v) is 5.06. The Morgan fingerprint density at radius 3 is 2.66 bits per heavy atom. The molecule has 3 aromatic carbocycles. The molecule has 0 radical (unpaired) electrons. The number of amides is 1. The van der Waals surface area contributed by atoms with Crippen LogP contribution in [0.25, 0.3) is 10.9 Å². The van der Waals surface area contributed by atoms with Crippen LogP contribution in [0.2, 0.25) is 0 Å². The number of hydrogen-bond acceptors (Lipinski definition) is 3. The van der Waals surface area contributed by atoms with Crippen molar-refractivity contribution < 1.29 is 14.3 Å². The molecule has 2 N–H and O–H groups in total. The number of H-pyrrole nitrogens is 1. The topological polar surface area (TPSA) is 63.4 Å². The number of fused-ring (bicyclic) bond motifs is 2. The summed E-state index contributed by atoms with van der Waals surface area (Å²) >= 11 is 0. The van der Waals surface area contributed by atoms with E-state index in [-0.39, 0.29) is 24.7 Å². The lowest BCUT2D eigenvalue weighted by Crippen LogP contribution is -2.33. The minimum absolute atomic E-state index is 0.0353. The lowest BCUT2D eigenvalue weighted by molar-refractivity contribution is -0.121. The first-order valence-corrected chi connectivity index (χ1v) is 12.4. The highest BCUT2D eigenvalue weighted by Gasteiger charge is 2.28. The number of hydrogen-bond donors (Lipinski definition) is 2. The predicted molar refractivity (Wildman–Crippen MR) is 139 cm³/mol. The number of nitrogens with one attached hydrogen (secondary N) is 2. The molecule has 1 aliphatic rings. The first kappa shape index (κ1) is 23.0. The summed E-state index contributed by atoms with van der Waals surface area (Å²) in [5.41, 5.74) is 5.77. The van der Waals surface area contributed by atoms with Crippen molar-refractivity contribution in [3.63, 3.8) is 0 Å². The van der Waals surface area contributed by atoms with E-state index in [0.29, 0.717) is 6.42 Å². The van der Waals surface area contributed by atoms with E-state index in [1.165, 1.54) is 11.1 Å². The third kappa shape index (κ3) is 4.90. The Morgan fingerprint density at radius 2 is 1.83 bits per heavy atom. The number of carbonyl (C=O) groups excluding carboxylic acids is 1. The van der Waals surface area contributed by atoms with Gasteiger partial charge in [0.15, 0.2) is 11.5 Å². The Bertz CT molecular complexity index is 1310. The van der Waals surface area contributed by atoms with Crippen molar-refractivity contribution >= 4 is 16.8 Å². The van der Waals surface area contributed by atoms with E-state index in [1.54, 1.807) is 0 Å². The second kappa shape index (κ2) is 10.3.